The zero-order chi connectivity index (χ0) is 18.7. The van der Waals surface area contributed by atoms with Gasteiger partial charge in [0.1, 0.15) is 12.2 Å². The SMILES string of the molecule is CC(C)(C)OC(=O)N1CCC[C@]2(CCN2CCCOCC(F)(F)F)C1. The zero-order valence-corrected chi connectivity index (χ0v) is 15.3. The average molecular weight is 366 g/mol. The van der Waals surface area contributed by atoms with Crippen molar-refractivity contribution in [3.63, 3.8) is 0 Å². The Hall–Kier alpha value is -1.02. The summed E-state index contributed by atoms with van der Waals surface area (Å²) in [7, 11) is 0. The Morgan fingerprint density at radius 1 is 1.16 bits per heavy atom. The van der Waals surface area contributed by atoms with Gasteiger partial charge < -0.3 is 14.4 Å². The van der Waals surface area contributed by atoms with Gasteiger partial charge in [-0.05, 0) is 46.5 Å². The number of carbonyl (C=O) groups excluding carboxylic acids is 1. The molecule has 2 rings (SSSR count). The number of likely N-dealkylation sites (tertiary alicyclic amines) is 2. The molecule has 2 aliphatic rings. The van der Waals surface area contributed by atoms with Crippen LogP contribution in [-0.2, 0) is 9.47 Å². The van der Waals surface area contributed by atoms with Gasteiger partial charge >= 0.3 is 12.3 Å². The van der Waals surface area contributed by atoms with E-state index in [-0.39, 0.29) is 18.2 Å². The van der Waals surface area contributed by atoms with Crippen molar-refractivity contribution in [2.24, 2.45) is 0 Å². The van der Waals surface area contributed by atoms with Gasteiger partial charge in [-0.25, -0.2) is 4.79 Å². The van der Waals surface area contributed by atoms with Crippen molar-refractivity contribution in [1.82, 2.24) is 9.80 Å². The Labute approximate surface area is 147 Å². The smallest absolute Gasteiger partial charge is 0.411 e. The Balaban J connectivity index is 1.77. The highest BCUT2D eigenvalue weighted by atomic mass is 19.4. The fourth-order valence-corrected chi connectivity index (χ4v) is 3.54. The van der Waals surface area contributed by atoms with Crippen LogP contribution in [0.25, 0.3) is 0 Å². The second-order valence-electron chi connectivity index (χ2n) is 7.99. The topological polar surface area (TPSA) is 42.0 Å². The van der Waals surface area contributed by atoms with Gasteiger partial charge in [-0.2, -0.15) is 13.2 Å². The van der Waals surface area contributed by atoms with E-state index < -0.39 is 18.4 Å². The molecule has 0 unspecified atom stereocenters. The first kappa shape index (κ1) is 20.3. The number of alkyl halides is 3. The fourth-order valence-electron chi connectivity index (χ4n) is 3.54. The summed E-state index contributed by atoms with van der Waals surface area (Å²) in [5.74, 6) is 0. The van der Waals surface area contributed by atoms with Gasteiger partial charge in [0.25, 0.3) is 0 Å². The predicted octanol–water partition coefficient (Wildman–Crippen LogP) is 3.43. The maximum absolute atomic E-state index is 12.3. The van der Waals surface area contributed by atoms with E-state index in [4.69, 9.17) is 4.74 Å². The summed E-state index contributed by atoms with van der Waals surface area (Å²) in [6.45, 7) is 7.39. The molecule has 5 nitrogen and oxygen atoms in total. The number of ether oxygens (including phenoxy) is 2. The minimum absolute atomic E-state index is 0.0425. The highest BCUT2D eigenvalue weighted by Crippen LogP contribution is 2.39. The molecule has 0 bridgehead atoms. The average Bonchev–Trinajstić information content (AvgIpc) is 2.47. The largest absolute Gasteiger partial charge is 0.444 e. The van der Waals surface area contributed by atoms with Crippen LogP contribution < -0.4 is 0 Å². The van der Waals surface area contributed by atoms with E-state index in [9.17, 15) is 18.0 Å². The number of halogens is 3. The first-order valence-electron chi connectivity index (χ1n) is 8.88. The molecule has 1 atom stereocenters. The first-order valence-corrected chi connectivity index (χ1v) is 8.88. The van der Waals surface area contributed by atoms with Crippen molar-refractivity contribution in [3.8, 4) is 0 Å². The van der Waals surface area contributed by atoms with Crippen molar-refractivity contribution in [3.05, 3.63) is 0 Å². The van der Waals surface area contributed by atoms with Crippen LogP contribution in [0, 0.1) is 0 Å². The minimum Gasteiger partial charge on any atom is -0.444 e. The molecule has 2 fully saturated rings. The summed E-state index contributed by atoms with van der Waals surface area (Å²) in [4.78, 5) is 16.3. The second kappa shape index (κ2) is 7.70. The molecule has 0 aromatic rings. The molecule has 0 N–H and O–H groups in total. The lowest BCUT2D eigenvalue weighted by Gasteiger charge is -2.57. The number of rotatable bonds is 5. The Morgan fingerprint density at radius 2 is 1.88 bits per heavy atom. The standard InChI is InChI=1S/C17H29F3N2O3/c1-15(2,3)25-14(23)21-8-4-6-16(12-21)7-10-22(16)9-5-11-24-13-17(18,19)20/h4-13H2,1-3H3/t16-/m0/s1. The molecule has 0 saturated carbocycles. The third-order valence-electron chi connectivity index (χ3n) is 4.71. The molecular formula is C17H29F3N2O3. The van der Waals surface area contributed by atoms with Gasteiger partial charge in [-0.3, -0.25) is 4.90 Å². The molecular weight excluding hydrogens is 337 g/mol. The minimum atomic E-state index is -4.27. The maximum atomic E-state index is 12.3. The van der Waals surface area contributed by atoms with Gasteiger partial charge in [-0.1, -0.05) is 0 Å². The zero-order valence-electron chi connectivity index (χ0n) is 15.3. The van der Waals surface area contributed by atoms with E-state index >= 15 is 0 Å². The molecule has 0 radical (unpaired) electrons. The molecule has 0 aromatic carbocycles. The maximum Gasteiger partial charge on any atom is 0.411 e. The van der Waals surface area contributed by atoms with Crippen LogP contribution in [0.4, 0.5) is 18.0 Å². The van der Waals surface area contributed by atoms with Crippen molar-refractivity contribution >= 4 is 6.09 Å². The molecule has 1 amide bonds. The lowest BCUT2D eigenvalue weighted by atomic mass is 9.77. The van der Waals surface area contributed by atoms with E-state index in [1.165, 1.54) is 0 Å². The Kier molecular flexibility index (Phi) is 6.25. The molecule has 2 saturated heterocycles. The van der Waals surface area contributed by atoms with Crippen molar-refractivity contribution in [2.75, 3.05) is 39.4 Å². The fraction of sp³-hybridized carbons (Fsp3) is 0.941. The lowest BCUT2D eigenvalue weighted by Crippen LogP contribution is -2.67. The van der Waals surface area contributed by atoms with Crippen LogP contribution in [0.5, 0.6) is 0 Å². The predicted molar refractivity (Wildman–Crippen MR) is 87.5 cm³/mol. The molecule has 8 heteroatoms. The van der Waals surface area contributed by atoms with Gasteiger partial charge in [0.2, 0.25) is 0 Å². The van der Waals surface area contributed by atoms with E-state index in [1.807, 2.05) is 20.8 Å². The van der Waals surface area contributed by atoms with E-state index in [2.05, 4.69) is 9.64 Å². The monoisotopic (exact) mass is 366 g/mol. The van der Waals surface area contributed by atoms with Crippen LogP contribution in [0.2, 0.25) is 0 Å². The molecule has 2 aliphatic heterocycles. The van der Waals surface area contributed by atoms with Gasteiger partial charge in [0.05, 0.1) is 0 Å². The molecule has 25 heavy (non-hydrogen) atoms. The summed E-state index contributed by atoms with van der Waals surface area (Å²) in [6.07, 6.45) is -1.06. The summed E-state index contributed by atoms with van der Waals surface area (Å²) in [5.41, 5.74) is -0.560. The number of hydrogen-bond donors (Lipinski definition) is 0. The van der Waals surface area contributed by atoms with E-state index in [1.54, 1.807) is 4.90 Å². The highest BCUT2D eigenvalue weighted by Gasteiger charge is 2.48. The first-order chi connectivity index (χ1) is 11.5. The number of hydrogen-bond acceptors (Lipinski definition) is 4. The molecule has 2 heterocycles. The van der Waals surface area contributed by atoms with Crippen LogP contribution in [-0.4, -0.2) is 72.6 Å². The third-order valence-corrected chi connectivity index (χ3v) is 4.71. The molecule has 0 aliphatic carbocycles. The van der Waals surface area contributed by atoms with Crippen LogP contribution in [0.3, 0.4) is 0 Å². The molecule has 1 spiro atoms. The van der Waals surface area contributed by atoms with Crippen LogP contribution >= 0.6 is 0 Å². The normalized spacial score (nSPS) is 25.1. The van der Waals surface area contributed by atoms with Crippen LogP contribution in [0.15, 0.2) is 0 Å². The Bertz CT molecular complexity index is 465. The van der Waals surface area contributed by atoms with Gasteiger partial charge in [0.15, 0.2) is 0 Å². The number of piperidine rings is 1. The highest BCUT2D eigenvalue weighted by molar-refractivity contribution is 5.68. The van der Waals surface area contributed by atoms with E-state index in [0.29, 0.717) is 26.1 Å². The Morgan fingerprint density at radius 3 is 2.44 bits per heavy atom. The van der Waals surface area contributed by atoms with Crippen molar-refractivity contribution in [1.29, 1.82) is 0 Å². The molecule has 146 valence electrons. The third kappa shape index (κ3) is 6.02. The quantitative estimate of drug-likeness (QED) is 0.699. The summed E-state index contributed by atoms with van der Waals surface area (Å²) in [5, 5.41) is 0. The van der Waals surface area contributed by atoms with Crippen LogP contribution in [0.1, 0.15) is 46.5 Å². The number of amides is 1. The second-order valence-corrected chi connectivity index (χ2v) is 7.99. The summed E-state index contributed by atoms with van der Waals surface area (Å²) in [6, 6.07) is 0. The van der Waals surface area contributed by atoms with Gasteiger partial charge in [0, 0.05) is 38.3 Å². The summed E-state index contributed by atoms with van der Waals surface area (Å²) < 4.78 is 46.3. The number of carbonyl (C=O) groups is 1. The summed E-state index contributed by atoms with van der Waals surface area (Å²) >= 11 is 0. The van der Waals surface area contributed by atoms with Crippen molar-refractivity contribution in [2.45, 2.75) is 63.8 Å². The van der Waals surface area contributed by atoms with Gasteiger partial charge in [-0.15, -0.1) is 0 Å². The number of nitrogens with zero attached hydrogens (tertiary/aromatic N) is 2. The van der Waals surface area contributed by atoms with Crippen molar-refractivity contribution < 1.29 is 27.4 Å². The molecule has 0 aromatic heterocycles. The lowest BCUT2D eigenvalue weighted by molar-refractivity contribution is -0.174. The van der Waals surface area contributed by atoms with E-state index in [0.717, 1.165) is 25.8 Å².